The summed E-state index contributed by atoms with van der Waals surface area (Å²) in [6.07, 6.45) is 0.0503. The molecule has 0 spiro atoms. The molecule has 2 fully saturated rings. The Bertz CT molecular complexity index is 3830. The number of benzene rings is 2. The van der Waals surface area contributed by atoms with E-state index >= 15 is 0 Å². The summed E-state index contributed by atoms with van der Waals surface area (Å²) in [7, 11) is 4.00. The third-order valence-corrected chi connectivity index (χ3v) is 16.9. The van der Waals surface area contributed by atoms with Crippen LogP contribution in [0.3, 0.4) is 0 Å². The number of aromatic nitrogens is 10. The SMILES string of the molecule is CC(C)C1=CCc2ccc(=O)[nH]c21.CC(C)c1cc(C(=O)N(C)C2CC2)nn1C(C)C.CC(C)n1nc(C(F)(F)F)c2c1CC1CC21F.CC(C)n1nc(C(F)F)cc1C(F)F.Cc1cc2cnn(C(C)C)c2cc1C.Cc1cccc2c1c(C(C)C)cn2C. The van der Waals surface area contributed by atoms with Gasteiger partial charge in [0.25, 0.3) is 18.8 Å². The highest BCUT2D eigenvalue weighted by Crippen LogP contribution is 2.65. The van der Waals surface area contributed by atoms with Crippen molar-refractivity contribution in [2.45, 2.75) is 217 Å². The number of allylic oxidation sites excluding steroid dienone is 2. The number of fused-ring (bicyclic) bond motifs is 6. The molecule has 6 aromatic heterocycles. The lowest BCUT2D eigenvalue weighted by atomic mass is 9.99. The molecule has 2 unspecified atom stereocenters. The van der Waals surface area contributed by atoms with E-state index in [2.05, 4.69) is 174 Å². The Morgan fingerprint density at radius 1 is 0.700 bits per heavy atom. The van der Waals surface area contributed by atoms with Crippen LogP contribution in [0.2, 0.25) is 0 Å². The molecule has 0 bridgehead atoms. The number of halogens is 8. The van der Waals surface area contributed by atoms with Gasteiger partial charge < -0.3 is 14.5 Å². The van der Waals surface area contributed by atoms with Crippen molar-refractivity contribution in [3.05, 3.63) is 157 Å². The summed E-state index contributed by atoms with van der Waals surface area (Å²) in [5.74, 6) is 1.26. The fraction of sp³-hybridized carbons (Fsp3) is 0.536. The number of H-pyrrole nitrogens is 1. The quantitative estimate of drug-likeness (QED) is 0.128. The summed E-state index contributed by atoms with van der Waals surface area (Å²) in [5, 5.41) is 18.5. The van der Waals surface area contributed by atoms with Gasteiger partial charge in [0.15, 0.2) is 11.4 Å². The highest BCUT2D eigenvalue weighted by Gasteiger charge is 2.66. The van der Waals surface area contributed by atoms with Crippen molar-refractivity contribution in [3.8, 4) is 0 Å². The number of amides is 1. The van der Waals surface area contributed by atoms with Crippen molar-refractivity contribution < 1.29 is 39.9 Å². The second-order valence-electron chi connectivity index (χ2n) is 26.3. The van der Waals surface area contributed by atoms with Crippen molar-refractivity contribution in [3.63, 3.8) is 0 Å². The summed E-state index contributed by atoms with van der Waals surface area (Å²) in [6, 6.07) is 17.7. The molecule has 8 aromatic rings. The average molecular weight is 1260 g/mol. The Kier molecular flexibility index (Phi) is 21.9. The van der Waals surface area contributed by atoms with Gasteiger partial charge in [0.05, 0.1) is 11.7 Å². The minimum atomic E-state index is -4.57. The maximum Gasteiger partial charge on any atom is 0.435 e. The highest BCUT2D eigenvalue weighted by molar-refractivity contribution is 5.92. The van der Waals surface area contributed by atoms with E-state index in [1.54, 1.807) is 33.8 Å². The summed E-state index contributed by atoms with van der Waals surface area (Å²) in [5.41, 5.74) is 9.76. The van der Waals surface area contributed by atoms with Crippen LogP contribution < -0.4 is 5.56 Å². The van der Waals surface area contributed by atoms with Gasteiger partial charge in [0.2, 0.25) is 5.56 Å². The first kappa shape index (κ1) is 70.1. The molecule has 2 atom stereocenters. The minimum absolute atomic E-state index is 0.00722. The van der Waals surface area contributed by atoms with Crippen LogP contribution in [0.5, 0.6) is 0 Å². The smallest absolute Gasteiger partial charge is 0.350 e. The number of pyridine rings is 1. The topological polar surface area (TPSA) is 129 Å². The Hall–Kier alpha value is -7.32. The van der Waals surface area contributed by atoms with Gasteiger partial charge in [-0.05, 0) is 190 Å². The van der Waals surface area contributed by atoms with Gasteiger partial charge in [-0.15, -0.1) is 0 Å². The molecule has 2 aromatic carbocycles. The van der Waals surface area contributed by atoms with E-state index < -0.39 is 41.8 Å². The molecule has 1 amide bonds. The summed E-state index contributed by atoms with van der Waals surface area (Å²) in [6.45, 7) is 34.7. The molecule has 6 heterocycles. The number of nitrogens with one attached hydrogen (secondary N) is 1. The molecule has 13 nitrogen and oxygen atoms in total. The number of aryl methyl sites for hydroxylation is 4. The van der Waals surface area contributed by atoms with Crippen molar-refractivity contribution in [2.75, 3.05) is 7.05 Å². The Labute approximate surface area is 523 Å². The molecule has 0 radical (unpaired) electrons. The summed E-state index contributed by atoms with van der Waals surface area (Å²) < 4.78 is 110. The van der Waals surface area contributed by atoms with Crippen molar-refractivity contribution in [2.24, 2.45) is 18.9 Å². The van der Waals surface area contributed by atoms with Crippen LogP contribution in [0, 0.1) is 32.6 Å². The van der Waals surface area contributed by atoms with Gasteiger partial charge in [-0.25, -0.2) is 22.0 Å². The molecule has 4 aliphatic carbocycles. The van der Waals surface area contributed by atoms with E-state index in [9.17, 15) is 44.7 Å². The van der Waals surface area contributed by atoms with Gasteiger partial charge >= 0.3 is 6.18 Å². The fourth-order valence-electron chi connectivity index (χ4n) is 11.7. The molecule has 90 heavy (non-hydrogen) atoms. The van der Waals surface area contributed by atoms with E-state index in [0.717, 1.165) is 41.4 Å². The molecule has 490 valence electrons. The number of aromatic amines is 1. The molecular weight excluding hydrogens is 1170 g/mol. The summed E-state index contributed by atoms with van der Waals surface area (Å²) in [4.78, 5) is 28.1. The van der Waals surface area contributed by atoms with E-state index in [4.69, 9.17) is 0 Å². The molecule has 2 saturated carbocycles. The Morgan fingerprint density at radius 2 is 1.31 bits per heavy atom. The van der Waals surface area contributed by atoms with Crippen LogP contribution in [0.1, 0.15) is 243 Å². The van der Waals surface area contributed by atoms with Gasteiger partial charge in [-0.3, -0.25) is 28.3 Å². The van der Waals surface area contributed by atoms with Gasteiger partial charge in [-0.2, -0.15) is 33.6 Å². The van der Waals surface area contributed by atoms with Crippen molar-refractivity contribution in [1.82, 2.24) is 53.6 Å². The maximum absolute atomic E-state index is 14.2. The molecular formula is C69H91F8N11O2. The number of alkyl halides is 8. The van der Waals surface area contributed by atoms with Crippen LogP contribution in [-0.4, -0.2) is 72.6 Å². The van der Waals surface area contributed by atoms with Crippen molar-refractivity contribution in [1.29, 1.82) is 0 Å². The number of hydrogen-bond acceptors (Lipinski definition) is 6. The van der Waals surface area contributed by atoms with E-state index in [0.29, 0.717) is 47.6 Å². The number of nitrogens with zero attached hydrogens (tertiary/aromatic N) is 10. The zero-order valence-electron chi connectivity index (χ0n) is 55.6. The van der Waals surface area contributed by atoms with Crippen LogP contribution >= 0.6 is 0 Å². The molecule has 21 heteroatoms. The number of hydrogen-bond donors (Lipinski definition) is 1. The number of rotatable bonds is 11. The van der Waals surface area contributed by atoms with E-state index in [-0.39, 0.29) is 47.5 Å². The predicted octanol–water partition coefficient (Wildman–Crippen LogP) is 18.2. The lowest BCUT2D eigenvalue weighted by molar-refractivity contribution is -0.142. The first-order valence-corrected chi connectivity index (χ1v) is 31.3. The lowest BCUT2D eigenvalue weighted by Gasteiger charge is -2.14. The third-order valence-electron chi connectivity index (χ3n) is 16.9. The normalized spacial score (nSPS) is 16.4. The zero-order valence-corrected chi connectivity index (χ0v) is 55.6. The first-order valence-electron chi connectivity index (χ1n) is 31.3. The number of carbonyl (C=O) groups is 1. The van der Waals surface area contributed by atoms with Crippen LogP contribution in [0.25, 0.3) is 27.4 Å². The predicted molar refractivity (Wildman–Crippen MR) is 341 cm³/mol. The Balaban J connectivity index is 0.000000154. The lowest BCUT2D eigenvalue weighted by Crippen LogP contribution is -2.29. The van der Waals surface area contributed by atoms with Gasteiger partial charge in [-0.1, -0.05) is 65.8 Å². The second kappa shape index (κ2) is 28.0. The molecule has 1 N–H and O–H groups in total. The standard InChI is InChI=1S/C14H23N3O.C13H17N.C12H16N2.C11H12F4N2.C11H13NO.C8H10F4N2/c1-9(2)13-8-12(15-17(13)10(3)4)14(18)16(5)11-6-7-11;1-9(2)11-8-14(4)12-7-5-6-10(3)13(11)12;1-8(2)14-12-6-10(4)9(3)5-11(12)7-13-14;1-5(2)17-7-3-6-4-10(6,12)8(7)9(16-17)11(13,14)15;1-7(2)9-5-3-8-4-6-10(13)12-11(8)9;1-4(2)14-6(8(11)12)3-5(13-14)7(9)10/h8-11H,6-7H2,1-5H3;5-9H,1-4H3;5-8H,1-4H3;5-6H,3-4H2,1-2H3;4-7H,3H2,1-2H3,(H,12,13);3-4,7-8H,1-2H3. The first-order chi connectivity index (χ1) is 42.0. The van der Waals surface area contributed by atoms with E-state index in [1.165, 1.54) is 59.9 Å². The monoisotopic (exact) mass is 1260 g/mol. The van der Waals surface area contributed by atoms with Gasteiger partial charge in [0, 0.05) is 101 Å². The van der Waals surface area contributed by atoms with Crippen molar-refractivity contribution >= 4 is 33.3 Å². The highest BCUT2D eigenvalue weighted by atomic mass is 19.4. The fourth-order valence-corrected chi connectivity index (χ4v) is 11.7. The van der Waals surface area contributed by atoms with Gasteiger partial charge in [0.1, 0.15) is 17.1 Å². The number of carbonyl (C=O) groups excluding carboxylic acids is 1. The zero-order chi connectivity index (χ0) is 66.9. The summed E-state index contributed by atoms with van der Waals surface area (Å²) >= 11 is 0. The third kappa shape index (κ3) is 15.5. The van der Waals surface area contributed by atoms with E-state index in [1.807, 2.05) is 35.0 Å². The van der Waals surface area contributed by atoms with Crippen LogP contribution in [-0.2, 0) is 31.7 Å². The average Bonchev–Trinajstić information content (AvgIpc) is 1.52. The molecule has 4 aliphatic rings. The van der Waals surface area contributed by atoms with Crippen LogP contribution in [0.15, 0.2) is 77.9 Å². The molecule has 0 aliphatic heterocycles. The Morgan fingerprint density at radius 3 is 1.83 bits per heavy atom. The van der Waals surface area contributed by atoms with Crippen LogP contribution in [0.4, 0.5) is 35.1 Å². The second-order valence-corrected chi connectivity index (χ2v) is 26.3. The minimum Gasteiger partial charge on any atom is -0.350 e. The largest absolute Gasteiger partial charge is 0.435 e. The molecule has 12 rings (SSSR count). The molecule has 0 saturated heterocycles. The maximum atomic E-state index is 14.2.